The van der Waals surface area contributed by atoms with Crippen molar-refractivity contribution >= 4 is 51.4 Å². The van der Waals surface area contributed by atoms with Gasteiger partial charge in [0.2, 0.25) is 5.13 Å². The first-order valence-corrected chi connectivity index (χ1v) is 9.71. The van der Waals surface area contributed by atoms with Crippen LogP contribution in [0, 0.1) is 0 Å². The predicted octanol–water partition coefficient (Wildman–Crippen LogP) is 5.50. The van der Waals surface area contributed by atoms with E-state index in [2.05, 4.69) is 20.8 Å². The van der Waals surface area contributed by atoms with Gasteiger partial charge in [-0.05, 0) is 36.8 Å². The van der Waals surface area contributed by atoms with Crippen molar-refractivity contribution in [1.29, 1.82) is 0 Å². The standard InChI is InChI=1S/C18H16Cl2N4O2S/c19-12-8-9-15(14(20)11-12)26-10-4-7-16-23-24-18(27-16)22-17(25)21-13-5-2-1-3-6-13/h1-3,5-6,8-9,11H,4,7,10H2,(H2,21,22,24,25). The SMILES string of the molecule is O=C(Nc1ccccc1)Nc1nnc(CCCOc2ccc(Cl)cc2Cl)s1. The largest absolute Gasteiger partial charge is 0.492 e. The molecule has 2 aromatic carbocycles. The smallest absolute Gasteiger partial charge is 0.325 e. The monoisotopic (exact) mass is 422 g/mol. The molecule has 0 radical (unpaired) electrons. The number of carbonyl (C=O) groups is 1. The Hall–Kier alpha value is -2.35. The zero-order chi connectivity index (χ0) is 19.1. The van der Waals surface area contributed by atoms with Gasteiger partial charge in [0.05, 0.1) is 11.6 Å². The lowest BCUT2D eigenvalue weighted by Crippen LogP contribution is -2.19. The summed E-state index contributed by atoms with van der Waals surface area (Å²) in [7, 11) is 0. The molecule has 140 valence electrons. The van der Waals surface area contributed by atoms with Crippen molar-refractivity contribution in [1.82, 2.24) is 10.2 Å². The lowest BCUT2D eigenvalue weighted by Gasteiger charge is -2.07. The number of hydrogen-bond donors (Lipinski definition) is 2. The number of urea groups is 1. The van der Waals surface area contributed by atoms with Crippen molar-refractivity contribution in [3.05, 3.63) is 63.6 Å². The highest BCUT2D eigenvalue weighted by Crippen LogP contribution is 2.27. The number of halogens is 2. The van der Waals surface area contributed by atoms with E-state index in [1.807, 2.05) is 18.2 Å². The number of nitrogens with one attached hydrogen (secondary N) is 2. The number of nitrogens with zero attached hydrogens (tertiary/aromatic N) is 2. The molecule has 0 atom stereocenters. The van der Waals surface area contributed by atoms with E-state index >= 15 is 0 Å². The summed E-state index contributed by atoms with van der Waals surface area (Å²) in [5.41, 5.74) is 0.706. The molecule has 2 amide bonds. The van der Waals surface area contributed by atoms with Crippen molar-refractivity contribution < 1.29 is 9.53 Å². The number of ether oxygens (including phenoxy) is 1. The molecule has 0 unspecified atom stereocenters. The predicted molar refractivity (Wildman–Crippen MR) is 109 cm³/mol. The Morgan fingerprint density at radius 1 is 1.07 bits per heavy atom. The highest BCUT2D eigenvalue weighted by atomic mass is 35.5. The van der Waals surface area contributed by atoms with Gasteiger partial charge < -0.3 is 10.1 Å². The minimum atomic E-state index is -0.357. The molecule has 0 saturated carbocycles. The van der Waals surface area contributed by atoms with E-state index in [1.165, 1.54) is 11.3 Å². The topological polar surface area (TPSA) is 76.1 Å². The molecule has 2 N–H and O–H groups in total. The molecule has 27 heavy (non-hydrogen) atoms. The van der Waals surface area contributed by atoms with Crippen LogP contribution in [0.1, 0.15) is 11.4 Å². The zero-order valence-electron chi connectivity index (χ0n) is 14.1. The molecular weight excluding hydrogens is 407 g/mol. The second-order valence-electron chi connectivity index (χ2n) is 5.47. The first-order valence-electron chi connectivity index (χ1n) is 8.13. The summed E-state index contributed by atoms with van der Waals surface area (Å²) in [5, 5.41) is 15.8. The fourth-order valence-electron chi connectivity index (χ4n) is 2.18. The summed E-state index contributed by atoms with van der Waals surface area (Å²) in [6.45, 7) is 0.484. The van der Waals surface area contributed by atoms with Crippen molar-refractivity contribution in [3.8, 4) is 5.75 Å². The number of carbonyl (C=O) groups excluding carboxylic acids is 1. The van der Waals surface area contributed by atoms with Gasteiger partial charge in [0.1, 0.15) is 10.8 Å². The van der Waals surface area contributed by atoms with Gasteiger partial charge in [-0.2, -0.15) is 0 Å². The van der Waals surface area contributed by atoms with Gasteiger partial charge >= 0.3 is 6.03 Å². The molecule has 0 aliphatic rings. The number of aromatic nitrogens is 2. The number of benzene rings is 2. The second kappa shape index (κ2) is 9.55. The van der Waals surface area contributed by atoms with Crippen LogP contribution in [-0.4, -0.2) is 22.8 Å². The maximum absolute atomic E-state index is 11.9. The number of amides is 2. The third-order valence-corrected chi connectivity index (χ3v) is 4.83. The van der Waals surface area contributed by atoms with Crippen LogP contribution in [0.5, 0.6) is 5.75 Å². The van der Waals surface area contributed by atoms with E-state index in [9.17, 15) is 4.79 Å². The summed E-state index contributed by atoms with van der Waals surface area (Å²) < 4.78 is 5.64. The van der Waals surface area contributed by atoms with Crippen molar-refractivity contribution in [2.75, 3.05) is 17.2 Å². The number of para-hydroxylation sites is 1. The Labute approximate surface area is 170 Å². The van der Waals surface area contributed by atoms with Crippen LogP contribution < -0.4 is 15.4 Å². The Bertz CT molecular complexity index is 905. The van der Waals surface area contributed by atoms with Crippen LogP contribution >= 0.6 is 34.5 Å². The summed E-state index contributed by atoms with van der Waals surface area (Å²) in [6, 6.07) is 13.9. The van der Waals surface area contributed by atoms with Gasteiger partial charge in [-0.1, -0.05) is 52.7 Å². The van der Waals surface area contributed by atoms with Gasteiger partial charge in [0, 0.05) is 17.1 Å². The summed E-state index contributed by atoms with van der Waals surface area (Å²) in [6.07, 6.45) is 1.43. The van der Waals surface area contributed by atoms with E-state index in [-0.39, 0.29) is 6.03 Å². The molecule has 0 aliphatic carbocycles. The van der Waals surface area contributed by atoms with Gasteiger partial charge in [0.15, 0.2) is 0 Å². The maximum Gasteiger partial charge on any atom is 0.325 e. The van der Waals surface area contributed by atoms with Crippen molar-refractivity contribution in [2.45, 2.75) is 12.8 Å². The quantitative estimate of drug-likeness (QED) is 0.492. The molecule has 0 aliphatic heterocycles. The van der Waals surface area contributed by atoms with E-state index in [0.29, 0.717) is 39.6 Å². The van der Waals surface area contributed by atoms with E-state index in [4.69, 9.17) is 27.9 Å². The lowest BCUT2D eigenvalue weighted by molar-refractivity contribution is 0.262. The summed E-state index contributed by atoms with van der Waals surface area (Å²) >= 11 is 13.2. The van der Waals surface area contributed by atoms with Crippen LogP contribution in [0.3, 0.4) is 0 Å². The van der Waals surface area contributed by atoms with Gasteiger partial charge in [-0.15, -0.1) is 10.2 Å². The highest BCUT2D eigenvalue weighted by molar-refractivity contribution is 7.15. The minimum Gasteiger partial charge on any atom is -0.492 e. The van der Waals surface area contributed by atoms with E-state index < -0.39 is 0 Å². The van der Waals surface area contributed by atoms with Gasteiger partial charge in [-0.3, -0.25) is 5.32 Å². The molecule has 0 spiro atoms. The minimum absolute atomic E-state index is 0.357. The Kier molecular flexibility index (Phi) is 6.86. The number of anilines is 2. The fourth-order valence-corrected chi connectivity index (χ4v) is 3.42. The van der Waals surface area contributed by atoms with Crippen LogP contribution in [0.25, 0.3) is 0 Å². The van der Waals surface area contributed by atoms with Crippen LogP contribution in [-0.2, 0) is 6.42 Å². The van der Waals surface area contributed by atoms with Crippen LogP contribution in [0.2, 0.25) is 10.0 Å². The highest BCUT2D eigenvalue weighted by Gasteiger charge is 2.09. The normalized spacial score (nSPS) is 10.4. The van der Waals surface area contributed by atoms with Crippen LogP contribution in [0.15, 0.2) is 48.5 Å². The summed E-state index contributed by atoms with van der Waals surface area (Å²) in [5.74, 6) is 0.596. The summed E-state index contributed by atoms with van der Waals surface area (Å²) in [4.78, 5) is 11.9. The number of hydrogen-bond acceptors (Lipinski definition) is 5. The van der Waals surface area contributed by atoms with Crippen LogP contribution in [0.4, 0.5) is 15.6 Å². The average Bonchev–Trinajstić information content (AvgIpc) is 3.08. The molecule has 1 aromatic heterocycles. The molecule has 3 aromatic rings. The third kappa shape index (κ3) is 6.09. The number of rotatable bonds is 7. The second-order valence-corrected chi connectivity index (χ2v) is 7.38. The average molecular weight is 423 g/mol. The molecule has 6 nitrogen and oxygen atoms in total. The molecule has 0 saturated heterocycles. The fraction of sp³-hybridized carbons (Fsp3) is 0.167. The van der Waals surface area contributed by atoms with Crippen molar-refractivity contribution in [3.63, 3.8) is 0 Å². The van der Waals surface area contributed by atoms with E-state index in [0.717, 1.165) is 11.4 Å². The molecular formula is C18H16Cl2N4O2S. The molecule has 0 bridgehead atoms. The van der Waals surface area contributed by atoms with E-state index in [1.54, 1.807) is 30.3 Å². The number of aryl methyl sites for hydroxylation is 1. The first kappa shape index (κ1) is 19.4. The Morgan fingerprint density at radius 3 is 2.67 bits per heavy atom. The van der Waals surface area contributed by atoms with Gasteiger partial charge in [-0.25, -0.2) is 4.79 Å². The zero-order valence-corrected chi connectivity index (χ0v) is 16.4. The third-order valence-electron chi connectivity index (χ3n) is 3.41. The lowest BCUT2D eigenvalue weighted by atomic mass is 10.3. The Morgan fingerprint density at radius 2 is 1.89 bits per heavy atom. The molecule has 0 fully saturated rings. The Balaban J connectivity index is 1.42. The molecule has 1 heterocycles. The first-order chi connectivity index (χ1) is 13.1. The molecule has 3 rings (SSSR count). The maximum atomic E-state index is 11.9. The van der Waals surface area contributed by atoms with Gasteiger partial charge in [0.25, 0.3) is 0 Å². The van der Waals surface area contributed by atoms with Crippen molar-refractivity contribution in [2.24, 2.45) is 0 Å². The molecule has 9 heteroatoms.